The fourth-order valence-electron chi connectivity index (χ4n) is 3.44. The second kappa shape index (κ2) is 11.4. The summed E-state index contributed by atoms with van der Waals surface area (Å²) < 4.78 is 33.1. The third-order valence-corrected chi connectivity index (χ3v) is 7.18. The van der Waals surface area contributed by atoms with Crippen LogP contribution in [0.4, 0.5) is 0 Å². The molecule has 2 aromatic rings. The van der Waals surface area contributed by atoms with Gasteiger partial charge in [-0.3, -0.25) is 9.69 Å². The molecule has 0 aromatic heterocycles. The molecule has 3 rings (SSSR count). The van der Waals surface area contributed by atoms with E-state index in [0.29, 0.717) is 26.2 Å². The molecule has 1 N–H and O–H groups in total. The Hall–Kier alpha value is -2.26. The summed E-state index contributed by atoms with van der Waals surface area (Å²) in [5.41, 5.74) is 2.01. The van der Waals surface area contributed by atoms with Crippen molar-refractivity contribution >= 4 is 15.9 Å². The summed E-state index contributed by atoms with van der Waals surface area (Å²) in [5, 5.41) is 2.86. The third kappa shape index (κ3) is 7.14. The topological polar surface area (TPSA) is 79.0 Å². The first-order valence-electron chi connectivity index (χ1n) is 10.6. The number of nitrogens with zero attached hydrogens (tertiary/aromatic N) is 2. The van der Waals surface area contributed by atoms with Crippen LogP contribution >= 0.6 is 0 Å². The third-order valence-electron chi connectivity index (χ3n) is 5.33. The predicted molar refractivity (Wildman–Crippen MR) is 120 cm³/mol. The molecule has 168 valence electrons. The lowest BCUT2D eigenvalue weighted by Crippen LogP contribution is -2.45. The summed E-state index contributed by atoms with van der Waals surface area (Å²) in [6.07, 6.45) is 0.535. The number of ether oxygens (including phenoxy) is 1. The molecule has 0 bridgehead atoms. The number of amides is 1. The summed E-state index contributed by atoms with van der Waals surface area (Å²) >= 11 is 0. The van der Waals surface area contributed by atoms with E-state index in [0.717, 1.165) is 30.8 Å². The minimum Gasteiger partial charge on any atom is -0.379 e. The zero-order valence-electron chi connectivity index (χ0n) is 18.0. The average molecular weight is 446 g/mol. The lowest BCUT2D eigenvalue weighted by molar-refractivity contribution is -0.121. The van der Waals surface area contributed by atoms with Crippen molar-refractivity contribution in [3.05, 3.63) is 65.7 Å². The maximum absolute atomic E-state index is 13.2. The Morgan fingerprint density at radius 2 is 1.74 bits per heavy atom. The number of hydrogen-bond donors (Lipinski definition) is 1. The molecule has 1 fully saturated rings. The molecule has 0 saturated carbocycles. The van der Waals surface area contributed by atoms with Crippen molar-refractivity contribution < 1.29 is 17.9 Å². The Kier molecular flexibility index (Phi) is 8.60. The van der Waals surface area contributed by atoms with Crippen LogP contribution in [-0.2, 0) is 26.0 Å². The number of rotatable bonds is 10. The van der Waals surface area contributed by atoms with Crippen LogP contribution in [0.5, 0.6) is 0 Å². The first kappa shape index (κ1) is 23.4. The van der Waals surface area contributed by atoms with Crippen molar-refractivity contribution in [2.24, 2.45) is 0 Å². The van der Waals surface area contributed by atoms with Crippen LogP contribution in [0.25, 0.3) is 0 Å². The summed E-state index contributed by atoms with van der Waals surface area (Å²) in [5.74, 6) is -0.294. The number of morpholine rings is 1. The first-order valence-corrected chi connectivity index (χ1v) is 12.1. The molecule has 1 aliphatic rings. The number of carbonyl (C=O) groups excluding carboxylic acids is 1. The molecule has 0 atom stereocenters. The molecule has 1 aliphatic heterocycles. The van der Waals surface area contributed by atoms with Crippen molar-refractivity contribution in [3.63, 3.8) is 0 Å². The van der Waals surface area contributed by atoms with E-state index in [1.54, 1.807) is 24.3 Å². The smallest absolute Gasteiger partial charge is 0.243 e. The Bertz CT molecular complexity index is 927. The lowest BCUT2D eigenvalue weighted by Gasteiger charge is -2.27. The zero-order valence-corrected chi connectivity index (χ0v) is 18.8. The van der Waals surface area contributed by atoms with E-state index >= 15 is 0 Å². The average Bonchev–Trinajstić information content (AvgIpc) is 2.78. The molecule has 1 heterocycles. The van der Waals surface area contributed by atoms with Crippen LogP contribution in [-0.4, -0.2) is 76.0 Å². The van der Waals surface area contributed by atoms with Gasteiger partial charge in [-0.05, 0) is 31.0 Å². The zero-order chi connectivity index (χ0) is 22.1. The Labute approximate surface area is 185 Å². The summed E-state index contributed by atoms with van der Waals surface area (Å²) in [7, 11) is -3.78. The van der Waals surface area contributed by atoms with Gasteiger partial charge in [0.05, 0.1) is 24.7 Å². The van der Waals surface area contributed by atoms with E-state index in [4.69, 9.17) is 4.74 Å². The Balaban J connectivity index is 1.64. The molecule has 31 heavy (non-hydrogen) atoms. The van der Waals surface area contributed by atoms with Gasteiger partial charge in [0, 0.05) is 32.7 Å². The minimum atomic E-state index is -3.78. The molecule has 1 amide bonds. The van der Waals surface area contributed by atoms with Gasteiger partial charge in [-0.15, -0.1) is 0 Å². The van der Waals surface area contributed by atoms with Crippen molar-refractivity contribution in [1.29, 1.82) is 0 Å². The van der Waals surface area contributed by atoms with Gasteiger partial charge in [0.25, 0.3) is 0 Å². The monoisotopic (exact) mass is 445 g/mol. The second-order valence-electron chi connectivity index (χ2n) is 7.69. The van der Waals surface area contributed by atoms with Gasteiger partial charge in [-0.25, -0.2) is 8.42 Å². The molecule has 0 unspecified atom stereocenters. The molecule has 0 aliphatic carbocycles. The molecule has 8 heteroatoms. The molecular formula is C23H31N3O4S. The number of carbonyl (C=O) groups is 1. The van der Waals surface area contributed by atoms with E-state index in [2.05, 4.69) is 10.2 Å². The van der Waals surface area contributed by atoms with Gasteiger partial charge in [-0.1, -0.05) is 48.0 Å². The molecule has 1 saturated heterocycles. The first-order chi connectivity index (χ1) is 14.9. The summed E-state index contributed by atoms with van der Waals surface area (Å²) in [6, 6.07) is 16.4. The van der Waals surface area contributed by atoms with Crippen LogP contribution in [0.15, 0.2) is 59.5 Å². The summed E-state index contributed by atoms with van der Waals surface area (Å²) in [4.78, 5) is 15.0. The number of hydrogen-bond acceptors (Lipinski definition) is 5. The van der Waals surface area contributed by atoms with Crippen LogP contribution in [0.3, 0.4) is 0 Å². The van der Waals surface area contributed by atoms with Crippen LogP contribution in [0.2, 0.25) is 0 Å². The highest BCUT2D eigenvalue weighted by molar-refractivity contribution is 7.89. The highest BCUT2D eigenvalue weighted by Gasteiger charge is 2.26. The van der Waals surface area contributed by atoms with Gasteiger partial charge in [-0.2, -0.15) is 4.31 Å². The summed E-state index contributed by atoms with van der Waals surface area (Å²) in [6.45, 7) is 6.25. The van der Waals surface area contributed by atoms with Gasteiger partial charge in [0.1, 0.15) is 0 Å². The van der Waals surface area contributed by atoms with Crippen molar-refractivity contribution in [2.45, 2.75) is 18.2 Å². The standard InChI is InChI=1S/C23H31N3O4S/c1-20-7-9-22(10-8-20)31(28,29)26(13-11-21-5-3-2-4-6-21)19-23(27)24-12-14-25-15-17-30-18-16-25/h2-10H,11-19H2,1H3,(H,24,27). The van der Waals surface area contributed by atoms with E-state index in [9.17, 15) is 13.2 Å². The van der Waals surface area contributed by atoms with Crippen molar-refractivity contribution in [1.82, 2.24) is 14.5 Å². The fraction of sp³-hybridized carbons (Fsp3) is 0.435. The Morgan fingerprint density at radius 3 is 2.42 bits per heavy atom. The fourth-order valence-corrected chi connectivity index (χ4v) is 4.83. The predicted octanol–water partition coefficient (Wildman–Crippen LogP) is 1.68. The SMILES string of the molecule is Cc1ccc(S(=O)(=O)N(CCc2ccccc2)CC(=O)NCCN2CCOCC2)cc1. The molecule has 2 aromatic carbocycles. The molecule has 0 radical (unpaired) electrons. The molecule has 0 spiro atoms. The normalized spacial score (nSPS) is 15.2. The van der Waals surface area contributed by atoms with Gasteiger partial charge >= 0.3 is 0 Å². The second-order valence-corrected chi connectivity index (χ2v) is 9.63. The highest BCUT2D eigenvalue weighted by atomic mass is 32.2. The van der Waals surface area contributed by atoms with E-state index in [-0.39, 0.29) is 23.9 Å². The van der Waals surface area contributed by atoms with Gasteiger partial charge in [0.15, 0.2) is 0 Å². The maximum atomic E-state index is 13.2. The van der Waals surface area contributed by atoms with E-state index < -0.39 is 10.0 Å². The van der Waals surface area contributed by atoms with Gasteiger partial charge < -0.3 is 10.1 Å². The Morgan fingerprint density at radius 1 is 1.06 bits per heavy atom. The number of nitrogens with one attached hydrogen (secondary N) is 1. The highest BCUT2D eigenvalue weighted by Crippen LogP contribution is 2.17. The maximum Gasteiger partial charge on any atom is 0.243 e. The lowest BCUT2D eigenvalue weighted by atomic mass is 10.1. The van der Waals surface area contributed by atoms with Crippen molar-refractivity contribution in [3.8, 4) is 0 Å². The van der Waals surface area contributed by atoms with Crippen LogP contribution in [0, 0.1) is 6.92 Å². The number of benzene rings is 2. The number of aryl methyl sites for hydroxylation is 1. The van der Waals surface area contributed by atoms with Crippen LogP contribution < -0.4 is 5.32 Å². The molecular weight excluding hydrogens is 414 g/mol. The van der Waals surface area contributed by atoms with Gasteiger partial charge in [0.2, 0.25) is 15.9 Å². The number of sulfonamides is 1. The van der Waals surface area contributed by atoms with Crippen LogP contribution in [0.1, 0.15) is 11.1 Å². The molecule has 7 nitrogen and oxygen atoms in total. The largest absolute Gasteiger partial charge is 0.379 e. The van der Waals surface area contributed by atoms with E-state index in [1.807, 2.05) is 37.3 Å². The quantitative estimate of drug-likeness (QED) is 0.602. The van der Waals surface area contributed by atoms with E-state index in [1.165, 1.54) is 4.31 Å². The van der Waals surface area contributed by atoms with Crippen molar-refractivity contribution in [2.75, 3.05) is 52.5 Å². The minimum absolute atomic E-state index is 0.201.